The van der Waals surface area contributed by atoms with Crippen LogP contribution in [0.2, 0.25) is 0 Å². The lowest BCUT2D eigenvalue weighted by molar-refractivity contribution is -0.147. The summed E-state index contributed by atoms with van der Waals surface area (Å²) in [6, 6.07) is 1.43. The first-order chi connectivity index (χ1) is 7.39. The number of aromatic nitrogens is 4. The van der Waals surface area contributed by atoms with E-state index in [9.17, 15) is 13.2 Å². The molecule has 16 heavy (non-hydrogen) atoms. The number of fused-ring (bicyclic) bond motifs is 1. The van der Waals surface area contributed by atoms with E-state index in [0.29, 0.717) is 0 Å². The SMILES string of the molecule is C[C@@H](c1nc2nccc(N)n2n1)C(F)(F)F. The Morgan fingerprint density at radius 2 is 2.12 bits per heavy atom. The third-order valence-corrected chi connectivity index (χ3v) is 2.16. The van der Waals surface area contributed by atoms with E-state index in [1.54, 1.807) is 0 Å². The molecule has 2 aromatic rings. The number of hydrogen-bond donors (Lipinski definition) is 1. The number of halogens is 3. The molecule has 0 bridgehead atoms. The molecule has 1 atom stereocenters. The van der Waals surface area contributed by atoms with E-state index in [-0.39, 0.29) is 17.4 Å². The molecule has 0 radical (unpaired) electrons. The maximum absolute atomic E-state index is 12.4. The van der Waals surface area contributed by atoms with Gasteiger partial charge >= 0.3 is 6.18 Å². The van der Waals surface area contributed by atoms with Crippen LogP contribution in [0.1, 0.15) is 18.7 Å². The standard InChI is InChI=1S/C8H8F3N5/c1-4(8(9,10)11)6-14-7-13-3-2-5(12)16(7)15-6/h2-4H,12H2,1H3/t4-/m0/s1. The fourth-order valence-electron chi connectivity index (χ4n) is 1.16. The fraction of sp³-hybridized carbons (Fsp3) is 0.375. The number of nitrogens with zero attached hydrogens (tertiary/aromatic N) is 4. The molecule has 0 aliphatic rings. The summed E-state index contributed by atoms with van der Waals surface area (Å²) in [5.41, 5.74) is 5.52. The fourth-order valence-corrected chi connectivity index (χ4v) is 1.16. The number of anilines is 1. The zero-order valence-corrected chi connectivity index (χ0v) is 8.23. The van der Waals surface area contributed by atoms with E-state index in [1.165, 1.54) is 12.3 Å². The predicted octanol–water partition coefficient (Wildman–Crippen LogP) is 1.37. The van der Waals surface area contributed by atoms with Crippen LogP contribution in [0.25, 0.3) is 5.78 Å². The third kappa shape index (κ3) is 1.66. The average Bonchev–Trinajstić information content (AvgIpc) is 2.60. The van der Waals surface area contributed by atoms with Crippen LogP contribution in [0.3, 0.4) is 0 Å². The van der Waals surface area contributed by atoms with E-state index < -0.39 is 12.1 Å². The Bertz CT molecular complexity index is 518. The lowest BCUT2D eigenvalue weighted by Gasteiger charge is -2.10. The largest absolute Gasteiger partial charge is 0.398 e. The minimum Gasteiger partial charge on any atom is -0.383 e. The van der Waals surface area contributed by atoms with Crippen molar-refractivity contribution in [2.45, 2.75) is 19.0 Å². The maximum Gasteiger partial charge on any atom is 0.398 e. The molecule has 0 unspecified atom stereocenters. The van der Waals surface area contributed by atoms with E-state index in [1.807, 2.05) is 0 Å². The van der Waals surface area contributed by atoms with Crippen molar-refractivity contribution < 1.29 is 13.2 Å². The molecule has 0 aromatic carbocycles. The minimum atomic E-state index is -4.38. The Labute approximate surface area is 88.1 Å². The van der Waals surface area contributed by atoms with E-state index in [4.69, 9.17) is 5.73 Å². The molecule has 2 heterocycles. The molecule has 86 valence electrons. The van der Waals surface area contributed by atoms with Crippen molar-refractivity contribution in [3.63, 3.8) is 0 Å². The molecule has 0 aliphatic heterocycles. The predicted molar refractivity (Wildman–Crippen MR) is 49.7 cm³/mol. The van der Waals surface area contributed by atoms with Crippen molar-refractivity contribution in [1.82, 2.24) is 19.6 Å². The Balaban J connectivity index is 2.52. The second kappa shape index (κ2) is 3.32. The molecule has 0 amide bonds. The van der Waals surface area contributed by atoms with Crippen molar-refractivity contribution in [2.24, 2.45) is 0 Å². The van der Waals surface area contributed by atoms with Crippen molar-refractivity contribution in [1.29, 1.82) is 0 Å². The molecule has 5 nitrogen and oxygen atoms in total. The van der Waals surface area contributed by atoms with Gasteiger partial charge in [0.25, 0.3) is 5.78 Å². The zero-order valence-electron chi connectivity index (χ0n) is 8.23. The van der Waals surface area contributed by atoms with Crippen LogP contribution in [-0.4, -0.2) is 25.8 Å². The molecule has 0 saturated carbocycles. The number of nitrogen functional groups attached to an aromatic ring is 1. The first kappa shape index (κ1) is 10.7. The molecule has 8 heteroatoms. The molecule has 0 aliphatic carbocycles. The number of rotatable bonds is 1. The van der Waals surface area contributed by atoms with Crippen LogP contribution < -0.4 is 5.73 Å². The van der Waals surface area contributed by atoms with Crippen molar-refractivity contribution >= 4 is 11.6 Å². The topological polar surface area (TPSA) is 69.1 Å². The summed E-state index contributed by atoms with van der Waals surface area (Å²) in [6.45, 7) is 0.991. The van der Waals surface area contributed by atoms with Gasteiger partial charge in [0.15, 0.2) is 5.82 Å². The van der Waals surface area contributed by atoms with Crippen molar-refractivity contribution in [3.8, 4) is 0 Å². The van der Waals surface area contributed by atoms with Crippen molar-refractivity contribution in [3.05, 3.63) is 18.1 Å². The van der Waals surface area contributed by atoms with Crippen LogP contribution in [-0.2, 0) is 0 Å². The van der Waals surface area contributed by atoms with Crippen LogP contribution >= 0.6 is 0 Å². The summed E-state index contributed by atoms with van der Waals surface area (Å²) in [4.78, 5) is 7.45. The van der Waals surface area contributed by atoms with E-state index in [0.717, 1.165) is 11.4 Å². The molecule has 2 aromatic heterocycles. The number of hydrogen-bond acceptors (Lipinski definition) is 4. The first-order valence-corrected chi connectivity index (χ1v) is 4.43. The van der Waals surface area contributed by atoms with Gasteiger partial charge in [-0.25, -0.2) is 4.98 Å². The zero-order chi connectivity index (χ0) is 11.9. The minimum absolute atomic E-state index is 0.0612. The van der Waals surface area contributed by atoms with Crippen LogP contribution in [0.5, 0.6) is 0 Å². The highest BCUT2D eigenvalue weighted by Gasteiger charge is 2.40. The summed E-state index contributed by atoms with van der Waals surface area (Å²) >= 11 is 0. The van der Waals surface area contributed by atoms with Gasteiger partial charge in [-0.05, 0) is 13.0 Å². The second-order valence-corrected chi connectivity index (χ2v) is 3.31. The number of alkyl halides is 3. The van der Waals surface area contributed by atoms with Gasteiger partial charge in [-0.3, -0.25) is 0 Å². The highest BCUT2D eigenvalue weighted by Crippen LogP contribution is 2.32. The van der Waals surface area contributed by atoms with Gasteiger partial charge in [0, 0.05) is 6.20 Å². The molecular weight excluding hydrogens is 223 g/mol. The Morgan fingerprint density at radius 3 is 2.69 bits per heavy atom. The molecule has 0 spiro atoms. The van der Waals surface area contributed by atoms with Gasteiger partial charge < -0.3 is 5.73 Å². The van der Waals surface area contributed by atoms with Crippen LogP contribution in [0.4, 0.5) is 19.0 Å². The monoisotopic (exact) mass is 231 g/mol. The normalized spacial score (nSPS) is 14.2. The lowest BCUT2D eigenvalue weighted by Crippen LogP contribution is -2.19. The van der Waals surface area contributed by atoms with E-state index in [2.05, 4.69) is 15.1 Å². The Morgan fingerprint density at radius 1 is 1.44 bits per heavy atom. The molecule has 0 saturated heterocycles. The van der Waals surface area contributed by atoms with Gasteiger partial charge in [-0.15, -0.1) is 5.10 Å². The Hall–Kier alpha value is -1.86. The van der Waals surface area contributed by atoms with E-state index >= 15 is 0 Å². The van der Waals surface area contributed by atoms with Crippen molar-refractivity contribution in [2.75, 3.05) is 5.73 Å². The lowest BCUT2D eigenvalue weighted by atomic mass is 10.1. The van der Waals surface area contributed by atoms with Gasteiger partial charge in [-0.1, -0.05) is 0 Å². The summed E-state index contributed by atoms with van der Waals surface area (Å²) < 4.78 is 38.3. The van der Waals surface area contributed by atoms with Gasteiger partial charge in [0.05, 0.1) is 0 Å². The first-order valence-electron chi connectivity index (χ1n) is 4.43. The summed E-state index contributed by atoms with van der Waals surface area (Å²) in [6.07, 6.45) is -3.01. The molecule has 0 fully saturated rings. The van der Waals surface area contributed by atoms with Gasteiger partial charge in [0.2, 0.25) is 0 Å². The second-order valence-electron chi connectivity index (χ2n) is 3.31. The molecule has 2 N–H and O–H groups in total. The third-order valence-electron chi connectivity index (χ3n) is 2.16. The highest BCUT2D eigenvalue weighted by atomic mass is 19.4. The molecular formula is C8H8F3N5. The van der Waals surface area contributed by atoms with Crippen LogP contribution in [0.15, 0.2) is 12.3 Å². The number of nitrogens with two attached hydrogens (primary N) is 1. The maximum atomic E-state index is 12.4. The van der Waals surface area contributed by atoms with Gasteiger partial charge in [-0.2, -0.15) is 22.7 Å². The summed E-state index contributed by atoms with van der Waals surface area (Å²) in [5.74, 6) is -1.82. The average molecular weight is 231 g/mol. The highest BCUT2D eigenvalue weighted by molar-refractivity contribution is 5.39. The Kier molecular flexibility index (Phi) is 2.21. The summed E-state index contributed by atoms with van der Waals surface area (Å²) in [5, 5.41) is 3.68. The van der Waals surface area contributed by atoms with Gasteiger partial charge in [0.1, 0.15) is 11.7 Å². The molecule has 2 rings (SSSR count). The quantitative estimate of drug-likeness (QED) is 0.804. The van der Waals surface area contributed by atoms with Crippen LogP contribution in [0, 0.1) is 0 Å². The smallest absolute Gasteiger partial charge is 0.383 e. The summed E-state index contributed by atoms with van der Waals surface area (Å²) in [7, 11) is 0.